The Hall–Kier alpha value is -3.19. The first-order chi connectivity index (χ1) is 13.1. The van der Waals surface area contributed by atoms with Gasteiger partial charge in [0.15, 0.2) is 11.4 Å². The molecule has 2 heterocycles. The van der Waals surface area contributed by atoms with Gasteiger partial charge in [0.1, 0.15) is 17.6 Å². The summed E-state index contributed by atoms with van der Waals surface area (Å²) in [6.45, 7) is 2.01. The molecular weight excluding hydrogens is 408 g/mol. The molecule has 0 saturated carbocycles. The Morgan fingerprint density at radius 3 is 2.41 bits per heavy atom. The molecule has 2 aromatic heterocycles. The molecule has 2 aromatic carbocycles. The van der Waals surface area contributed by atoms with Crippen LogP contribution in [0.2, 0.25) is 0 Å². The van der Waals surface area contributed by atoms with E-state index in [1.165, 1.54) is 6.33 Å². The van der Waals surface area contributed by atoms with Gasteiger partial charge in [-0.2, -0.15) is 9.97 Å². The van der Waals surface area contributed by atoms with E-state index in [0.29, 0.717) is 17.0 Å². The highest BCUT2D eigenvalue weighted by Gasteiger charge is 2.15. The van der Waals surface area contributed by atoms with Gasteiger partial charge in [0.2, 0.25) is 11.8 Å². The van der Waals surface area contributed by atoms with Gasteiger partial charge >= 0.3 is 0 Å². The fourth-order valence-corrected chi connectivity index (χ4v) is 3.00. The Morgan fingerprint density at radius 1 is 0.889 bits per heavy atom. The summed E-state index contributed by atoms with van der Waals surface area (Å²) >= 11 is 3.52. The standard InChI is InChI=1S/C20H15BrN4O2/c1-12-4-6-13(7-5-12)26-19-17(22)20(25-11-24-19)27-16-9-8-15(21)14-3-2-10-23-18(14)16/h2-11H,22H2,1H3. The molecule has 0 aliphatic heterocycles. The highest BCUT2D eigenvalue weighted by atomic mass is 79.9. The summed E-state index contributed by atoms with van der Waals surface area (Å²) in [5, 5.41) is 0.929. The van der Waals surface area contributed by atoms with Crippen LogP contribution < -0.4 is 15.2 Å². The van der Waals surface area contributed by atoms with Crippen molar-refractivity contribution < 1.29 is 9.47 Å². The molecule has 0 aliphatic rings. The van der Waals surface area contributed by atoms with E-state index in [1.54, 1.807) is 6.20 Å². The zero-order chi connectivity index (χ0) is 18.8. The van der Waals surface area contributed by atoms with Crippen LogP contribution in [0.4, 0.5) is 5.69 Å². The summed E-state index contributed by atoms with van der Waals surface area (Å²) in [4.78, 5) is 12.7. The molecule has 0 amide bonds. The third kappa shape index (κ3) is 3.54. The fourth-order valence-electron chi connectivity index (χ4n) is 2.54. The predicted octanol–water partition coefficient (Wildman–Crippen LogP) is 5.26. The lowest BCUT2D eigenvalue weighted by Crippen LogP contribution is -2.01. The molecule has 0 fully saturated rings. The van der Waals surface area contributed by atoms with Gasteiger partial charge < -0.3 is 15.2 Å². The lowest BCUT2D eigenvalue weighted by atomic mass is 10.2. The van der Waals surface area contributed by atoms with Crippen molar-refractivity contribution in [3.63, 3.8) is 0 Å². The average Bonchev–Trinajstić information content (AvgIpc) is 2.69. The fraction of sp³-hybridized carbons (Fsp3) is 0.0500. The summed E-state index contributed by atoms with van der Waals surface area (Å²) in [7, 11) is 0. The smallest absolute Gasteiger partial charge is 0.249 e. The molecule has 7 heteroatoms. The summed E-state index contributed by atoms with van der Waals surface area (Å²) in [6, 6.07) is 15.1. The number of fused-ring (bicyclic) bond motifs is 1. The topological polar surface area (TPSA) is 83.2 Å². The Bertz CT molecular complexity index is 1120. The van der Waals surface area contributed by atoms with Gasteiger partial charge in [0.05, 0.1) is 0 Å². The van der Waals surface area contributed by atoms with E-state index >= 15 is 0 Å². The van der Waals surface area contributed by atoms with E-state index < -0.39 is 0 Å². The summed E-state index contributed by atoms with van der Waals surface area (Å²) < 4.78 is 12.6. The summed E-state index contributed by atoms with van der Waals surface area (Å²) in [6.07, 6.45) is 3.06. The summed E-state index contributed by atoms with van der Waals surface area (Å²) in [5.41, 5.74) is 8.23. The SMILES string of the molecule is Cc1ccc(Oc2ncnc(Oc3ccc(Br)c4cccnc34)c2N)cc1. The Balaban J connectivity index is 1.68. The first-order valence-electron chi connectivity index (χ1n) is 8.18. The van der Waals surface area contributed by atoms with Crippen LogP contribution in [0.15, 0.2) is 65.5 Å². The van der Waals surface area contributed by atoms with E-state index in [9.17, 15) is 0 Å². The average molecular weight is 423 g/mol. The maximum absolute atomic E-state index is 6.18. The van der Waals surface area contributed by atoms with Crippen LogP contribution >= 0.6 is 15.9 Å². The van der Waals surface area contributed by atoms with Crippen LogP contribution in [0, 0.1) is 6.92 Å². The van der Waals surface area contributed by atoms with Crippen LogP contribution in [-0.4, -0.2) is 15.0 Å². The minimum atomic E-state index is 0.210. The third-order valence-corrected chi connectivity index (χ3v) is 4.62. The van der Waals surface area contributed by atoms with Gasteiger partial charge in [-0.1, -0.05) is 39.7 Å². The van der Waals surface area contributed by atoms with Crippen molar-refractivity contribution in [3.05, 3.63) is 71.1 Å². The number of nitrogen functional groups attached to an aromatic ring is 1. The highest BCUT2D eigenvalue weighted by Crippen LogP contribution is 2.36. The number of pyridine rings is 1. The molecule has 0 bridgehead atoms. The third-order valence-electron chi connectivity index (χ3n) is 3.93. The number of hydrogen-bond acceptors (Lipinski definition) is 6. The lowest BCUT2D eigenvalue weighted by molar-refractivity contribution is 0.440. The first-order valence-corrected chi connectivity index (χ1v) is 8.97. The van der Waals surface area contributed by atoms with Gasteiger partial charge in [-0.3, -0.25) is 4.98 Å². The number of halogens is 1. The van der Waals surface area contributed by atoms with Gasteiger partial charge in [0.25, 0.3) is 0 Å². The maximum atomic E-state index is 6.18. The zero-order valence-electron chi connectivity index (χ0n) is 14.4. The zero-order valence-corrected chi connectivity index (χ0v) is 16.0. The molecule has 0 saturated heterocycles. The van der Waals surface area contributed by atoms with Crippen molar-refractivity contribution in [1.29, 1.82) is 0 Å². The van der Waals surface area contributed by atoms with Gasteiger partial charge in [-0.15, -0.1) is 0 Å². The van der Waals surface area contributed by atoms with Crippen molar-refractivity contribution in [2.45, 2.75) is 6.92 Å². The molecule has 0 spiro atoms. The molecule has 4 rings (SSSR count). The normalized spacial score (nSPS) is 10.7. The van der Waals surface area contributed by atoms with E-state index in [-0.39, 0.29) is 17.4 Å². The number of rotatable bonds is 4. The molecule has 134 valence electrons. The Morgan fingerprint density at radius 2 is 1.63 bits per heavy atom. The second kappa shape index (κ2) is 7.20. The van der Waals surface area contributed by atoms with Crippen LogP contribution in [0.1, 0.15) is 5.56 Å². The van der Waals surface area contributed by atoms with Crippen molar-refractivity contribution in [2.24, 2.45) is 0 Å². The van der Waals surface area contributed by atoms with Crippen LogP contribution in [0.5, 0.6) is 23.3 Å². The number of benzene rings is 2. The van der Waals surface area contributed by atoms with E-state index in [1.807, 2.05) is 55.5 Å². The monoisotopic (exact) mass is 422 g/mol. The largest absolute Gasteiger partial charge is 0.437 e. The highest BCUT2D eigenvalue weighted by molar-refractivity contribution is 9.10. The molecule has 0 unspecified atom stereocenters. The number of anilines is 1. The predicted molar refractivity (Wildman–Crippen MR) is 107 cm³/mol. The molecule has 2 N–H and O–H groups in total. The van der Waals surface area contributed by atoms with Gasteiger partial charge in [-0.05, 0) is 37.3 Å². The van der Waals surface area contributed by atoms with E-state index in [0.717, 1.165) is 15.4 Å². The van der Waals surface area contributed by atoms with Gasteiger partial charge in [-0.25, -0.2) is 0 Å². The number of nitrogens with zero attached hydrogens (tertiary/aromatic N) is 3. The molecule has 0 atom stereocenters. The van der Waals surface area contributed by atoms with Crippen LogP contribution in [0.3, 0.4) is 0 Å². The number of aryl methyl sites for hydroxylation is 1. The number of aromatic nitrogens is 3. The number of ether oxygens (including phenoxy) is 2. The van der Waals surface area contributed by atoms with Gasteiger partial charge in [0, 0.05) is 16.1 Å². The summed E-state index contributed by atoms with van der Waals surface area (Å²) in [5.74, 6) is 1.62. The van der Waals surface area contributed by atoms with Crippen molar-refractivity contribution in [1.82, 2.24) is 15.0 Å². The second-order valence-electron chi connectivity index (χ2n) is 5.86. The van der Waals surface area contributed by atoms with E-state index in [2.05, 4.69) is 30.9 Å². The van der Waals surface area contributed by atoms with Crippen LogP contribution in [-0.2, 0) is 0 Å². The molecule has 0 radical (unpaired) electrons. The second-order valence-corrected chi connectivity index (χ2v) is 6.71. The minimum absolute atomic E-state index is 0.210. The number of hydrogen-bond donors (Lipinski definition) is 1. The molecule has 27 heavy (non-hydrogen) atoms. The van der Waals surface area contributed by atoms with Crippen molar-refractivity contribution in [2.75, 3.05) is 5.73 Å². The minimum Gasteiger partial charge on any atom is -0.437 e. The number of nitrogens with two attached hydrogens (primary N) is 1. The maximum Gasteiger partial charge on any atom is 0.249 e. The molecular formula is C20H15BrN4O2. The Kier molecular flexibility index (Phi) is 4.60. The van der Waals surface area contributed by atoms with E-state index in [4.69, 9.17) is 15.2 Å². The van der Waals surface area contributed by atoms with Crippen molar-refractivity contribution in [3.8, 4) is 23.3 Å². The lowest BCUT2D eigenvalue weighted by Gasteiger charge is -2.12. The van der Waals surface area contributed by atoms with Crippen molar-refractivity contribution >= 4 is 32.5 Å². The quantitative estimate of drug-likeness (QED) is 0.482. The van der Waals surface area contributed by atoms with Crippen LogP contribution in [0.25, 0.3) is 10.9 Å². The molecule has 6 nitrogen and oxygen atoms in total. The molecule has 4 aromatic rings. The molecule has 0 aliphatic carbocycles. The Labute approximate surface area is 164 Å². The first kappa shape index (κ1) is 17.2.